The minimum atomic E-state index is -3.37. The molecule has 1 rings (SSSR count). The molecular weight excluding hydrogens is 302 g/mol. The van der Waals surface area contributed by atoms with Crippen molar-refractivity contribution in [2.24, 2.45) is 0 Å². The van der Waals surface area contributed by atoms with E-state index in [1.807, 2.05) is 26.0 Å². The Morgan fingerprint density at radius 1 is 1.18 bits per heavy atom. The lowest BCUT2D eigenvalue weighted by atomic mass is 10.2. The van der Waals surface area contributed by atoms with E-state index < -0.39 is 10.0 Å². The van der Waals surface area contributed by atoms with Crippen LogP contribution in [0.25, 0.3) is 0 Å². The SMILES string of the molecule is CCC(CC)NS(=O)(=O)c1ccc(CBr)cc1. The summed E-state index contributed by atoms with van der Waals surface area (Å²) in [5.41, 5.74) is 1.06. The normalized spacial score (nSPS) is 12.0. The molecule has 1 aromatic carbocycles. The van der Waals surface area contributed by atoms with Gasteiger partial charge in [0.2, 0.25) is 10.0 Å². The molecular formula is C12H18BrNO2S. The average Bonchev–Trinajstić information content (AvgIpc) is 2.36. The second-order valence-electron chi connectivity index (χ2n) is 3.91. The van der Waals surface area contributed by atoms with Gasteiger partial charge in [0.05, 0.1) is 4.90 Å². The first-order valence-corrected chi connectivity index (χ1v) is 8.31. The van der Waals surface area contributed by atoms with Gasteiger partial charge in [0, 0.05) is 11.4 Å². The molecule has 1 aromatic rings. The third-order valence-corrected chi connectivity index (χ3v) is 4.88. The Hall–Kier alpha value is -0.390. The molecule has 0 radical (unpaired) electrons. The van der Waals surface area contributed by atoms with Gasteiger partial charge in [-0.1, -0.05) is 41.9 Å². The quantitative estimate of drug-likeness (QED) is 0.819. The Labute approximate surface area is 112 Å². The maximum absolute atomic E-state index is 12.0. The van der Waals surface area contributed by atoms with Crippen LogP contribution in [0.5, 0.6) is 0 Å². The van der Waals surface area contributed by atoms with Gasteiger partial charge >= 0.3 is 0 Å². The molecule has 5 heteroatoms. The smallest absolute Gasteiger partial charge is 0.208 e. The number of rotatable bonds is 6. The van der Waals surface area contributed by atoms with E-state index in [1.54, 1.807) is 12.1 Å². The molecule has 0 unspecified atom stereocenters. The largest absolute Gasteiger partial charge is 0.240 e. The van der Waals surface area contributed by atoms with E-state index in [4.69, 9.17) is 0 Å². The summed E-state index contributed by atoms with van der Waals surface area (Å²) in [7, 11) is -3.37. The van der Waals surface area contributed by atoms with Crippen molar-refractivity contribution < 1.29 is 8.42 Å². The van der Waals surface area contributed by atoms with Crippen LogP contribution in [-0.2, 0) is 15.4 Å². The molecule has 0 aliphatic heterocycles. The van der Waals surface area contributed by atoms with Gasteiger partial charge in [-0.05, 0) is 30.5 Å². The number of sulfonamides is 1. The summed E-state index contributed by atoms with van der Waals surface area (Å²) in [6.07, 6.45) is 1.60. The van der Waals surface area contributed by atoms with Crippen LogP contribution in [0.3, 0.4) is 0 Å². The van der Waals surface area contributed by atoms with E-state index in [1.165, 1.54) is 0 Å². The van der Waals surface area contributed by atoms with E-state index >= 15 is 0 Å². The molecule has 0 saturated carbocycles. The average molecular weight is 320 g/mol. The van der Waals surface area contributed by atoms with Gasteiger partial charge in [0.15, 0.2) is 0 Å². The predicted octanol–water partition coefficient (Wildman–Crippen LogP) is 3.05. The molecule has 0 bridgehead atoms. The fraction of sp³-hybridized carbons (Fsp3) is 0.500. The fourth-order valence-electron chi connectivity index (χ4n) is 1.50. The second-order valence-corrected chi connectivity index (χ2v) is 6.19. The zero-order valence-electron chi connectivity index (χ0n) is 10.1. The topological polar surface area (TPSA) is 46.2 Å². The van der Waals surface area contributed by atoms with Crippen LogP contribution in [0.2, 0.25) is 0 Å². The monoisotopic (exact) mass is 319 g/mol. The van der Waals surface area contributed by atoms with E-state index in [0.29, 0.717) is 4.90 Å². The van der Waals surface area contributed by atoms with Crippen molar-refractivity contribution in [2.45, 2.75) is 43.0 Å². The standard InChI is InChI=1S/C12H18BrNO2S/c1-3-11(4-2)14-17(15,16)12-7-5-10(9-13)6-8-12/h5-8,11,14H,3-4,9H2,1-2H3. The van der Waals surface area contributed by atoms with Crippen molar-refractivity contribution in [1.29, 1.82) is 0 Å². The highest BCUT2D eigenvalue weighted by Gasteiger charge is 2.17. The first kappa shape index (κ1) is 14.7. The van der Waals surface area contributed by atoms with Gasteiger partial charge in [-0.3, -0.25) is 0 Å². The van der Waals surface area contributed by atoms with Gasteiger partial charge in [0.25, 0.3) is 0 Å². The molecule has 17 heavy (non-hydrogen) atoms. The molecule has 0 saturated heterocycles. The van der Waals surface area contributed by atoms with Gasteiger partial charge < -0.3 is 0 Å². The van der Waals surface area contributed by atoms with Crippen molar-refractivity contribution >= 4 is 26.0 Å². The fourth-order valence-corrected chi connectivity index (χ4v) is 3.28. The molecule has 3 nitrogen and oxygen atoms in total. The van der Waals surface area contributed by atoms with Crippen LogP contribution >= 0.6 is 15.9 Å². The Bertz CT molecular complexity index is 438. The van der Waals surface area contributed by atoms with Gasteiger partial charge in [0.1, 0.15) is 0 Å². The minimum Gasteiger partial charge on any atom is -0.208 e. The molecule has 96 valence electrons. The zero-order chi connectivity index (χ0) is 12.9. The summed E-state index contributed by atoms with van der Waals surface area (Å²) in [6, 6.07) is 6.92. The van der Waals surface area contributed by atoms with Gasteiger partial charge in [-0.15, -0.1) is 0 Å². The summed E-state index contributed by atoms with van der Waals surface area (Å²) in [4.78, 5) is 0.328. The molecule has 0 amide bonds. The van der Waals surface area contributed by atoms with Crippen molar-refractivity contribution in [3.63, 3.8) is 0 Å². The lowest BCUT2D eigenvalue weighted by Gasteiger charge is -2.15. The molecule has 0 aliphatic rings. The third-order valence-electron chi connectivity index (χ3n) is 2.70. The lowest BCUT2D eigenvalue weighted by molar-refractivity contribution is 0.530. The number of benzene rings is 1. The zero-order valence-corrected chi connectivity index (χ0v) is 12.5. The maximum atomic E-state index is 12.0. The molecule has 1 N–H and O–H groups in total. The summed E-state index contributed by atoms with van der Waals surface area (Å²) < 4.78 is 26.8. The van der Waals surface area contributed by atoms with Crippen LogP contribution in [0, 0.1) is 0 Å². The van der Waals surface area contributed by atoms with E-state index in [0.717, 1.165) is 23.7 Å². The Balaban J connectivity index is 2.89. The lowest BCUT2D eigenvalue weighted by Crippen LogP contribution is -2.33. The van der Waals surface area contributed by atoms with E-state index in [-0.39, 0.29) is 6.04 Å². The van der Waals surface area contributed by atoms with Crippen LogP contribution in [0.15, 0.2) is 29.2 Å². The minimum absolute atomic E-state index is 0.0100. The van der Waals surface area contributed by atoms with Crippen molar-refractivity contribution in [3.8, 4) is 0 Å². The molecule has 0 aromatic heterocycles. The van der Waals surface area contributed by atoms with Crippen molar-refractivity contribution in [1.82, 2.24) is 4.72 Å². The van der Waals surface area contributed by atoms with Gasteiger partial charge in [-0.25, -0.2) is 13.1 Å². The van der Waals surface area contributed by atoms with Gasteiger partial charge in [-0.2, -0.15) is 0 Å². The number of alkyl halides is 1. The van der Waals surface area contributed by atoms with Crippen LogP contribution < -0.4 is 4.72 Å². The third kappa shape index (κ3) is 4.08. The summed E-state index contributed by atoms with van der Waals surface area (Å²) in [5.74, 6) is 0. The van der Waals surface area contributed by atoms with Crippen molar-refractivity contribution in [2.75, 3.05) is 0 Å². The highest BCUT2D eigenvalue weighted by atomic mass is 79.9. The van der Waals surface area contributed by atoms with E-state index in [9.17, 15) is 8.42 Å². The number of nitrogens with one attached hydrogen (secondary N) is 1. The molecule has 0 heterocycles. The molecule has 0 spiro atoms. The Morgan fingerprint density at radius 3 is 2.12 bits per heavy atom. The number of halogens is 1. The summed E-state index contributed by atoms with van der Waals surface area (Å²) >= 11 is 3.33. The van der Waals surface area contributed by atoms with Crippen molar-refractivity contribution in [3.05, 3.63) is 29.8 Å². The van der Waals surface area contributed by atoms with Crippen LogP contribution in [0.1, 0.15) is 32.3 Å². The molecule has 0 atom stereocenters. The van der Waals surface area contributed by atoms with E-state index in [2.05, 4.69) is 20.7 Å². The van der Waals surface area contributed by atoms with Crippen LogP contribution in [-0.4, -0.2) is 14.5 Å². The summed E-state index contributed by atoms with van der Waals surface area (Å²) in [6.45, 7) is 3.95. The second kappa shape index (κ2) is 6.52. The first-order valence-electron chi connectivity index (χ1n) is 5.70. The number of hydrogen-bond acceptors (Lipinski definition) is 2. The highest BCUT2D eigenvalue weighted by Crippen LogP contribution is 2.13. The first-order chi connectivity index (χ1) is 8.03. The highest BCUT2D eigenvalue weighted by molar-refractivity contribution is 9.08. The summed E-state index contributed by atoms with van der Waals surface area (Å²) in [5, 5.41) is 0.729. The Morgan fingerprint density at radius 2 is 1.71 bits per heavy atom. The van der Waals surface area contributed by atoms with Crippen LogP contribution in [0.4, 0.5) is 0 Å². The predicted molar refractivity (Wildman–Crippen MR) is 73.8 cm³/mol. The molecule has 0 aliphatic carbocycles. The Kier molecular flexibility index (Phi) is 5.62. The maximum Gasteiger partial charge on any atom is 0.240 e. The number of hydrogen-bond donors (Lipinski definition) is 1. The molecule has 0 fully saturated rings.